The number of amides is 1. The second-order valence-corrected chi connectivity index (χ2v) is 8.12. The lowest BCUT2D eigenvalue weighted by Gasteiger charge is -2.29. The third-order valence-electron chi connectivity index (χ3n) is 6.10. The van der Waals surface area contributed by atoms with E-state index < -0.39 is 0 Å². The van der Waals surface area contributed by atoms with E-state index in [1.54, 1.807) is 0 Å². The molecule has 5 rings (SSSR count). The zero-order chi connectivity index (χ0) is 17.6. The van der Waals surface area contributed by atoms with Crippen LogP contribution in [0.5, 0.6) is 0 Å². The fraction of sp³-hybridized carbons (Fsp3) is 0.409. The van der Waals surface area contributed by atoms with E-state index in [0.29, 0.717) is 5.56 Å². The van der Waals surface area contributed by atoms with Gasteiger partial charge in [-0.3, -0.25) is 4.79 Å². The molecular weight excluding hydrogens is 322 g/mol. The number of hydrogen-bond acceptors (Lipinski definition) is 3. The quantitative estimate of drug-likeness (QED) is 0.884. The van der Waals surface area contributed by atoms with E-state index in [0.717, 1.165) is 31.2 Å². The molecule has 1 unspecified atom stereocenters. The monoisotopic (exact) mass is 347 g/mol. The summed E-state index contributed by atoms with van der Waals surface area (Å²) < 4.78 is 0. The Kier molecular flexibility index (Phi) is 3.75. The molecular formula is C22H25N3O. The first kappa shape index (κ1) is 15.9. The van der Waals surface area contributed by atoms with E-state index in [1.165, 1.54) is 36.9 Å². The number of rotatable bonds is 4. The second kappa shape index (κ2) is 6.13. The number of anilines is 2. The number of fused-ring (bicyclic) bond motifs is 4. The summed E-state index contributed by atoms with van der Waals surface area (Å²) in [5.41, 5.74) is 4.46. The standard InChI is InChI=1S/C22H25N3O/c26-21(17-4-2-1-3-5-17)24-19-9-8-18-14-23-22(13-16-6-7-16)10-11-25(15-22)20(18)12-19/h1-5,8-9,12,16,23H,6-7,10-11,13-15H2,(H,24,26). The molecule has 2 fully saturated rings. The van der Waals surface area contributed by atoms with Crippen LogP contribution in [0.15, 0.2) is 48.5 Å². The van der Waals surface area contributed by atoms with Crippen molar-refractivity contribution in [2.75, 3.05) is 23.3 Å². The van der Waals surface area contributed by atoms with Crippen molar-refractivity contribution in [2.24, 2.45) is 5.92 Å². The van der Waals surface area contributed by atoms with Crippen molar-refractivity contribution in [1.82, 2.24) is 5.32 Å². The van der Waals surface area contributed by atoms with Gasteiger partial charge in [0.15, 0.2) is 0 Å². The van der Waals surface area contributed by atoms with Crippen LogP contribution in [0.3, 0.4) is 0 Å². The van der Waals surface area contributed by atoms with Crippen molar-refractivity contribution in [1.29, 1.82) is 0 Å². The summed E-state index contributed by atoms with van der Waals surface area (Å²) in [5.74, 6) is 0.881. The Hall–Kier alpha value is -2.33. The number of nitrogens with one attached hydrogen (secondary N) is 2. The molecule has 2 N–H and O–H groups in total. The lowest BCUT2D eigenvalue weighted by Crippen LogP contribution is -2.46. The third kappa shape index (κ3) is 2.99. The maximum Gasteiger partial charge on any atom is 0.255 e. The predicted octanol–water partition coefficient (Wildman–Crippen LogP) is 3.79. The van der Waals surface area contributed by atoms with Crippen LogP contribution < -0.4 is 15.5 Å². The molecule has 2 heterocycles. The Morgan fingerprint density at radius 3 is 2.85 bits per heavy atom. The van der Waals surface area contributed by atoms with Gasteiger partial charge in [-0.05, 0) is 48.6 Å². The molecule has 1 amide bonds. The number of benzene rings is 2. The van der Waals surface area contributed by atoms with Crippen LogP contribution in [0.2, 0.25) is 0 Å². The Morgan fingerprint density at radius 1 is 1.19 bits per heavy atom. The van der Waals surface area contributed by atoms with Crippen molar-refractivity contribution in [2.45, 2.75) is 37.8 Å². The van der Waals surface area contributed by atoms with Crippen LogP contribution in [0.25, 0.3) is 0 Å². The molecule has 0 radical (unpaired) electrons. The van der Waals surface area contributed by atoms with Crippen LogP contribution >= 0.6 is 0 Å². The Labute approximate surface area is 154 Å². The van der Waals surface area contributed by atoms with Gasteiger partial charge >= 0.3 is 0 Å². The number of carbonyl (C=O) groups excluding carboxylic acids is 1. The van der Waals surface area contributed by atoms with Crippen LogP contribution in [0.4, 0.5) is 11.4 Å². The highest BCUT2D eigenvalue weighted by atomic mass is 16.1. The summed E-state index contributed by atoms with van der Waals surface area (Å²) in [6.07, 6.45) is 5.36. The molecule has 1 saturated heterocycles. The fourth-order valence-corrected chi connectivity index (χ4v) is 4.50. The average molecular weight is 347 g/mol. The lowest BCUT2D eigenvalue weighted by molar-refractivity contribution is 0.102. The molecule has 2 aromatic rings. The van der Waals surface area contributed by atoms with Gasteiger partial charge in [0, 0.05) is 42.1 Å². The van der Waals surface area contributed by atoms with Gasteiger partial charge in [0.2, 0.25) is 0 Å². The molecule has 134 valence electrons. The molecule has 2 bridgehead atoms. The molecule has 3 aliphatic rings. The van der Waals surface area contributed by atoms with E-state index in [9.17, 15) is 4.79 Å². The number of hydrogen-bond donors (Lipinski definition) is 2. The van der Waals surface area contributed by atoms with Crippen LogP contribution in [0, 0.1) is 5.92 Å². The van der Waals surface area contributed by atoms with E-state index in [1.807, 2.05) is 36.4 Å². The fourth-order valence-electron chi connectivity index (χ4n) is 4.50. The highest BCUT2D eigenvalue weighted by Crippen LogP contribution is 2.43. The highest BCUT2D eigenvalue weighted by molar-refractivity contribution is 6.04. The minimum atomic E-state index is -0.0539. The van der Waals surface area contributed by atoms with Gasteiger partial charge < -0.3 is 15.5 Å². The second-order valence-electron chi connectivity index (χ2n) is 8.12. The zero-order valence-electron chi connectivity index (χ0n) is 15.0. The maximum absolute atomic E-state index is 12.5. The molecule has 4 nitrogen and oxygen atoms in total. The summed E-state index contributed by atoms with van der Waals surface area (Å²) >= 11 is 0. The summed E-state index contributed by atoms with van der Waals surface area (Å²) in [4.78, 5) is 15.0. The first-order valence-electron chi connectivity index (χ1n) is 9.70. The van der Waals surface area contributed by atoms with Crippen molar-refractivity contribution in [3.63, 3.8) is 0 Å². The molecule has 2 aliphatic heterocycles. The third-order valence-corrected chi connectivity index (χ3v) is 6.10. The predicted molar refractivity (Wildman–Crippen MR) is 105 cm³/mol. The first-order valence-corrected chi connectivity index (χ1v) is 9.70. The van der Waals surface area contributed by atoms with E-state index in [4.69, 9.17) is 0 Å². The van der Waals surface area contributed by atoms with Gasteiger partial charge in [0.25, 0.3) is 5.91 Å². The average Bonchev–Trinajstić information content (AvgIpc) is 3.40. The summed E-state index contributed by atoms with van der Waals surface area (Å²) in [5, 5.41) is 6.92. The molecule has 1 atom stereocenters. The topological polar surface area (TPSA) is 44.4 Å². The smallest absolute Gasteiger partial charge is 0.255 e. The molecule has 1 aliphatic carbocycles. The van der Waals surface area contributed by atoms with Crippen molar-refractivity contribution < 1.29 is 4.79 Å². The van der Waals surface area contributed by atoms with Crippen LogP contribution in [-0.4, -0.2) is 24.5 Å². The maximum atomic E-state index is 12.5. The van der Waals surface area contributed by atoms with Gasteiger partial charge in [-0.2, -0.15) is 0 Å². The normalized spacial score (nSPS) is 24.1. The van der Waals surface area contributed by atoms with E-state index >= 15 is 0 Å². The van der Waals surface area contributed by atoms with Crippen molar-refractivity contribution in [3.05, 3.63) is 59.7 Å². The van der Waals surface area contributed by atoms with Gasteiger partial charge in [0.1, 0.15) is 0 Å². The van der Waals surface area contributed by atoms with Crippen molar-refractivity contribution in [3.8, 4) is 0 Å². The Morgan fingerprint density at radius 2 is 2.04 bits per heavy atom. The number of carbonyl (C=O) groups is 1. The first-order chi connectivity index (χ1) is 12.7. The van der Waals surface area contributed by atoms with Gasteiger partial charge in [-0.25, -0.2) is 0 Å². The van der Waals surface area contributed by atoms with Crippen molar-refractivity contribution >= 4 is 17.3 Å². The van der Waals surface area contributed by atoms with E-state index in [2.05, 4.69) is 27.7 Å². The summed E-state index contributed by atoms with van der Waals surface area (Å²) in [6.45, 7) is 3.11. The Balaban J connectivity index is 1.37. The van der Waals surface area contributed by atoms with Gasteiger partial charge in [0.05, 0.1) is 0 Å². The largest absolute Gasteiger partial charge is 0.369 e. The summed E-state index contributed by atoms with van der Waals surface area (Å²) in [7, 11) is 0. The molecule has 26 heavy (non-hydrogen) atoms. The lowest BCUT2D eigenvalue weighted by atomic mass is 9.91. The molecule has 4 heteroatoms. The minimum absolute atomic E-state index is 0.0539. The molecule has 2 aromatic carbocycles. The molecule has 0 aromatic heterocycles. The molecule has 1 saturated carbocycles. The van der Waals surface area contributed by atoms with Gasteiger partial charge in [-0.15, -0.1) is 0 Å². The zero-order valence-corrected chi connectivity index (χ0v) is 15.0. The Bertz CT molecular complexity index is 831. The molecule has 0 spiro atoms. The van der Waals surface area contributed by atoms with Crippen LogP contribution in [-0.2, 0) is 6.54 Å². The minimum Gasteiger partial charge on any atom is -0.369 e. The van der Waals surface area contributed by atoms with Crippen LogP contribution in [0.1, 0.15) is 41.6 Å². The van der Waals surface area contributed by atoms with E-state index in [-0.39, 0.29) is 11.4 Å². The van der Waals surface area contributed by atoms with Gasteiger partial charge in [-0.1, -0.05) is 37.1 Å². The number of nitrogens with zero attached hydrogens (tertiary/aromatic N) is 1. The SMILES string of the molecule is O=C(Nc1ccc2c(c1)N1CCC(CC3CC3)(C1)NC2)c1ccccc1. The summed E-state index contributed by atoms with van der Waals surface area (Å²) in [6, 6.07) is 15.7. The highest BCUT2D eigenvalue weighted by Gasteiger charge is 2.43.